The summed E-state index contributed by atoms with van der Waals surface area (Å²) in [7, 11) is 0. The summed E-state index contributed by atoms with van der Waals surface area (Å²) in [6, 6.07) is 6.43. The molecule has 3 rings (SSSR count). The Hall–Kier alpha value is -1.79. The van der Waals surface area contributed by atoms with Gasteiger partial charge < -0.3 is 10.6 Å². The lowest BCUT2D eigenvalue weighted by atomic mass is 10.0. The van der Waals surface area contributed by atoms with Crippen molar-refractivity contribution in [2.45, 2.75) is 25.3 Å². The Labute approximate surface area is 132 Å². The summed E-state index contributed by atoms with van der Waals surface area (Å²) in [5, 5.41) is 8.85. The number of thiazole rings is 1. The van der Waals surface area contributed by atoms with Crippen molar-refractivity contribution in [2.75, 3.05) is 13.1 Å². The van der Waals surface area contributed by atoms with E-state index in [1.807, 2.05) is 0 Å². The number of halogens is 1. The molecule has 2 aromatic rings. The van der Waals surface area contributed by atoms with Crippen LogP contribution in [0.4, 0.5) is 4.39 Å². The number of nitrogens with one attached hydrogen (secondary N) is 2. The maximum Gasteiger partial charge on any atom is 0.271 e. The Kier molecular flexibility index (Phi) is 4.80. The van der Waals surface area contributed by atoms with Crippen LogP contribution in [0.15, 0.2) is 29.6 Å². The summed E-state index contributed by atoms with van der Waals surface area (Å²) in [5.41, 5.74) is 0.893. The van der Waals surface area contributed by atoms with Crippen LogP contribution in [0.1, 0.15) is 39.8 Å². The van der Waals surface area contributed by atoms with Gasteiger partial charge in [0.1, 0.15) is 11.5 Å². The van der Waals surface area contributed by atoms with E-state index in [0.717, 1.165) is 30.9 Å². The highest BCUT2D eigenvalue weighted by molar-refractivity contribution is 7.09. The predicted octanol–water partition coefficient (Wildman–Crippen LogP) is 2.68. The average molecular weight is 319 g/mol. The van der Waals surface area contributed by atoms with Gasteiger partial charge in [0.2, 0.25) is 0 Å². The Balaban J connectivity index is 1.61. The van der Waals surface area contributed by atoms with Gasteiger partial charge in [-0.2, -0.15) is 0 Å². The van der Waals surface area contributed by atoms with E-state index < -0.39 is 0 Å². The minimum absolute atomic E-state index is 0.170. The molecule has 0 spiro atoms. The number of aromatic nitrogens is 1. The molecular formula is C16H18FN3OS. The Bertz CT molecular complexity index is 652. The lowest BCUT2D eigenvalue weighted by Gasteiger charge is -2.20. The largest absolute Gasteiger partial charge is 0.346 e. The van der Waals surface area contributed by atoms with Gasteiger partial charge in [-0.25, -0.2) is 9.37 Å². The van der Waals surface area contributed by atoms with Gasteiger partial charge in [-0.05, 0) is 25.5 Å². The third-order valence-corrected chi connectivity index (χ3v) is 4.81. The molecular weight excluding hydrogens is 301 g/mol. The molecule has 116 valence electrons. The second-order valence-corrected chi connectivity index (χ2v) is 6.28. The van der Waals surface area contributed by atoms with Crippen molar-refractivity contribution in [1.29, 1.82) is 0 Å². The summed E-state index contributed by atoms with van der Waals surface area (Å²) < 4.78 is 13.5. The number of carbonyl (C=O) groups is 1. The van der Waals surface area contributed by atoms with E-state index in [0.29, 0.717) is 17.2 Å². The highest BCUT2D eigenvalue weighted by atomic mass is 32.1. The normalized spacial score (nSPS) is 18.1. The second kappa shape index (κ2) is 6.98. The molecule has 1 saturated heterocycles. The summed E-state index contributed by atoms with van der Waals surface area (Å²) in [4.78, 5) is 16.6. The molecule has 2 heterocycles. The molecule has 0 bridgehead atoms. The molecule has 0 radical (unpaired) electrons. The molecule has 1 amide bonds. The first kappa shape index (κ1) is 15.1. The molecule has 22 heavy (non-hydrogen) atoms. The fraction of sp³-hybridized carbons (Fsp3) is 0.375. The van der Waals surface area contributed by atoms with Gasteiger partial charge in [-0.1, -0.05) is 18.2 Å². The molecule has 2 N–H and O–H groups in total. The number of hydrogen-bond acceptors (Lipinski definition) is 4. The topological polar surface area (TPSA) is 54.0 Å². The van der Waals surface area contributed by atoms with Gasteiger partial charge in [-0.3, -0.25) is 4.79 Å². The Morgan fingerprint density at radius 3 is 3.09 bits per heavy atom. The quantitative estimate of drug-likeness (QED) is 0.911. The van der Waals surface area contributed by atoms with E-state index in [2.05, 4.69) is 15.6 Å². The molecule has 1 aromatic heterocycles. The zero-order valence-electron chi connectivity index (χ0n) is 12.1. The van der Waals surface area contributed by atoms with E-state index >= 15 is 0 Å². The number of carbonyl (C=O) groups excluding carboxylic acids is 1. The van der Waals surface area contributed by atoms with Crippen molar-refractivity contribution in [2.24, 2.45) is 0 Å². The summed E-state index contributed by atoms with van der Waals surface area (Å²) >= 11 is 1.52. The van der Waals surface area contributed by atoms with Crippen molar-refractivity contribution >= 4 is 17.2 Å². The Morgan fingerprint density at radius 2 is 2.32 bits per heavy atom. The summed E-state index contributed by atoms with van der Waals surface area (Å²) in [6.07, 6.45) is 2.25. The van der Waals surface area contributed by atoms with Crippen LogP contribution in [0.2, 0.25) is 0 Å². The van der Waals surface area contributed by atoms with E-state index in [9.17, 15) is 9.18 Å². The third-order valence-electron chi connectivity index (χ3n) is 3.80. The first-order valence-corrected chi connectivity index (χ1v) is 8.30. The average Bonchev–Trinajstić information content (AvgIpc) is 3.05. The van der Waals surface area contributed by atoms with Crippen molar-refractivity contribution in [3.63, 3.8) is 0 Å². The summed E-state index contributed by atoms with van der Waals surface area (Å²) in [6.45, 7) is 2.14. The SMILES string of the molecule is O=C(NCc1ccccc1F)c1csc(C2CCCNC2)n1. The lowest BCUT2D eigenvalue weighted by Crippen LogP contribution is -2.28. The van der Waals surface area contributed by atoms with Crippen LogP contribution < -0.4 is 10.6 Å². The second-order valence-electron chi connectivity index (χ2n) is 5.39. The highest BCUT2D eigenvalue weighted by Crippen LogP contribution is 2.26. The number of nitrogens with zero attached hydrogens (tertiary/aromatic N) is 1. The van der Waals surface area contributed by atoms with E-state index in [-0.39, 0.29) is 18.3 Å². The maximum absolute atomic E-state index is 13.5. The fourth-order valence-electron chi connectivity index (χ4n) is 2.55. The minimum Gasteiger partial charge on any atom is -0.346 e. The lowest BCUT2D eigenvalue weighted by molar-refractivity contribution is 0.0946. The van der Waals surface area contributed by atoms with Crippen LogP contribution in [0, 0.1) is 5.82 Å². The Morgan fingerprint density at radius 1 is 1.45 bits per heavy atom. The van der Waals surface area contributed by atoms with Crippen LogP contribution in [-0.4, -0.2) is 24.0 Å². The van der Waals surface area contributed by atoms with Crippen LogP contribution in [0.25, 0.3) is 0 Å². The monoisotopic (exact) mass is 319 g/mol. The number of piperidine rings is 1. The van der Waals surface area contributed by atoms with Gasteiger partial charge >= 0.3 is 0 Å². The van der Waals surface area contributed by atoms with Crippen molar-refractivity contribution < 1.29 is 9.18 Å². The summed E-state index contributed by atoms with van der Waals surface area (Å²) in [5.74, 6) is -0.170. The van der Waals surface area contributed by atoms with Gasteiger partial charge in [-0.15, -0.1) is 11.3 Å². The molecule has 1 unspecified atom stereocenters. The number of amides is 1. The molecule has 4 nitrogen and oxygen atoms in total. The van der Waals surface area contributed by atoms with E-state index in [1.165, 1.54) is 17.4 Å². The van der Waals surface area contributed by atoms with E-state index in [1.54, 1.807) is 23.6 Å². The smallest absolute Gasteiger partial charge is 0.271 e. The van der Waals surface area contributed by atoms with Crippen LogP contribution in [0.3, 0.4) is 0 Å². The minimum atomic E-state index is -0.310. The van der Waals surface area contributed by atoms with Gasteiger partial charge in [0, 0.05) is 30.0 Å². The van der Waals surface area contributed by atoms with Crippen LogP contribution in [-0.2, 0) is 6.54 Å². The predicted molar refractivity (Wildman–Crippen MR) is 84.5 cm³/mol. The molecule has 1 fully saturated rings. The fourth-order valence-corrected chi connectivity index (χ4v) is 3.49. The van der Waals surface area contributed by atoms with Crippen LogP contribution in [0.5, 0.6) is 0 Å². The van der Waals surface area contributed by atoms with E-state index in [4.69, 9.17) is 0 Å². The standard InChI is InChI=1S/C16H18FN3OS/c17-13-6-2-1-4-11(13)9-19-15(21)14-10-22-16(20-14)12-5-3-7-18-8-12/h1-2,4,6,10,12,18H,3,5,7-9H2,(H,19,21). The molecule has 1 atom stereocenters. The molecule has 1 aliphatic rings. The third kappa shape index (κ3) is 3.51. The zero-order valence-corrected chi connectivity index (χ0v) is 13.0. The number of hydrogen-bond donors (Lipinski definition) is 2. The maximum atomic E-state index is 13.5. The van der Waals surface area contributed by atoms with Gasteiger partial charge in [0.15, 0.2) is 0 Å². The molecule has 0 saturated carbocycles. The molecule has 1 aromatic carbocycles. The first-order chi connectivity index (χ1) is 10.7. The molecule has 1 aliphatic heterocycles. The highest BCUT2D eigenvalue weighted by Gasteiger charge is 2.20. The van der Waals surface area contributed by atoms with Gasteiger partial charge in [0.25, 0.3) is 5.91 Å². The van der Waals surface area contributed by atoms with Crippen LogP contribution >= 0.6 is 11.3 Å². The number of benzene rings is 1. The first-order valence-electron chi connectivity index (χ1n) is 7.42. The zero-order chi connectivity index (χ0) is 15.4. The van der Waals surface area contributed by atoms with Gasteiger partial charge in [0.05, 0.1) is 5.01 Å². The molecule has 0 aliphatic carbocycles. The number of rotatable bonds is 4. The molecule has 6 heteroatoms. The van der Waals surface area contributed by atoms with Crippen molar-refractivity contribution in [3.8, 4) is 0 Å². The van der Waals surface area contributed by atoms with Crippen molar-refractivity contribution in [3.05, 3.63) is 51.7 Å². The van der Waals surface area contributed by atoms with Crippen molar-refractivity contribution in [1.82, 2.24) is 15.6 Å².